The highest BCUT2D eigenvalue weighted by molar-refractivity contribution is 9.10. The number of nitrogens with zero attached hydrogens (tertiary/aromatic N) is 2. The maximum absolute atomic E-state index is 5.65. The molecule has 1 aromatic rings. The van der Waals surface area contributed by atoms with Crippen LogP contribution in [0.1, 0.15) is 26.2 Å². The largest absolute Gasteiger partial charge is 0.383 e. The SMILES string of the molecule is CC1CCCC1CNc1nc(N)cc(Br)n1. The van der Waals surface area contributed by atoms with Crippen molar-refractivity contribution in [2.75, 3.05) is 17.6 Å². The fourth-order valence-corrected chi connectivity index (χ4v) is 2.66. The Morgan fingerprint density at radius 1 is 1.50 bits per heavy atom. The fourth-order valence-electron chi connectivity index (χ4n) is 2.26. The van der Waals surface area contributed by atoms with Crippen molar-refractivity contribution in [1.29, 1.82) is 0 Å². The maximum Gasteiger partial charge on any atom is 0.225 e. The summed E-state index contributed by atoms with van der Waals surface area (Å²) in [6.45, 7) is 3.26. The van der Waals surface area contributed by atoms with Crippen LogP contribution in [0.4, 0.5) is 11.8 Å². The van der Waals surface area contributed by atoms with Gasteiger partial charge in [0.05, 0.1) is 0 Å². The molecule has 1 aromatic heterocycles. The van der Waals surface area contributed by atoms with Crippen LogP contribution in [0.5, 0.6) is 0 Å². The van der Waals surface area contributed by atoms with Gasteiger partial charge in [-0.05, 0) is 34.2 Å². The van der Waals surface area contributed by atoms with E-state index in [0.29, 0.717) is 11.8 Å². The minimum atomic E-state index is 0.490. The quantitative estimate of drug-likeness (QED) is 0.838. The zero-order chi connectivity index (χ0) is 11.5. The number of anilines is 2. The van der Waals surface area contributed by atoms with Crippen LogP contribution >= 0.6 is 15.9 Å². The summed E-state index contributed by atoms with van der Waals surface area (Å²) in [5, 5.41) is 3.27. The average Bonchev–Trinajstić information content (AvgIpc) is 2.59. The maximum atomic E-state index is 5.65. The number of halogens is 1. The first kappa shape index (κ1) is 11.6. The Kier molecular flexibility index (Phi) is 3.63. The van der Waals surface area contributed by atoms with E-state index in [0.717, 1.165) is 23.0 Å². The first-order chi connectivity index (χ1) is 7.65. The summed E-state index contributed by atoms with van der Waals surface area (Å²) in [4.78, 5) is 8.38. The zero-order valence-electron chi connectivity index (χ0n) is 9.41. The number of aromatic nitrogens is 2. The van der Waals surface area contributed by atoms with Crippen LogP contribution in [0, 0.1) is 11.8 Å². The minimum absolute atomic E-state index is 0.490. The Hall–Kier alpha value is -0.840. The normalized spacial score (nSPS) is 24.6. The number of hydrogen-bond donors (Lipinski definition) is 2. The second-order valence-electron chi connectivity index (χ2n) is 4.49. The molecule has 1 saturated carbocycles. The number of rotatable bonds is 3. The van der Waals surface area contributed by atoms with Gasteiger partial charge >= 0.3 is 0 Å². The monoisotopic (exact) mass is 284 g/mol. The smallest absolute Gasteiger partial charge is 0.225 e. The van der Waals surface area contributed by atoms with Crippen LogP contribution in [0.25, 0.3) is 0 Å². The molecule has 0 aliphatic heterocycles. The Labute approximate surface area is 104 Å². The van der Waals surface area contributed by atoms with E-state index in [1.807, 2.05) is 0 Å². The van der Waals surface area contributed by atoms with Crippen LogP contribution in [-0.2, 0) is 0 Å². The van der Waals surface area contributed by atoms with Gasteiger partial charge in [0.2, 0.25) is 5.95 Å². The molecule has 1 aliphatic rings. The number of nitrogen functional groups attached to an aromatic ring is 1. The predicted molar refractivity (Wildman–Crippen MR) is 69.1 cm³/mol. The zero-order valence-corrected chi connectivity index (χ0v) is 11.0. The van der Waals surface area contributed by atoms with Crippen LogP contribution in [0.2, 0.25) is 0 Å². The van der Waals surface area contributed by atoms with Crippen molar-refractivity contribution in [2.24, 2.45) is 11.8 Å². The van der Waals surface area contributed by atoms with Crippen molar-refractivity contribution >= 4 is 27.7 Å². The molecule has 0 saturated heterocycles. The van der Waals surface area contributed by atoms with E-state index >= 15 is 0 Å². The summed E-state index contributed by atoms with van der Waals surface area (Å²) in [5.41, 5.74) is 5.65. The number of hydrogen-bond acceptors (Lipinski definition) is 4. The van der Waals surface area contributed by atoms with E-state index in [2.05, 4.69) is 38.1 Å². The molecule has 5 heteroatoms. The molecule has 1 aliphatic carbocycles. The molecule has 3 N–H and O–H groups in total. The molecular formula is C11H17BrN4. The van der Waals surface area contributed by atoms with Gasteiger partial charge in [0.25, 0.3) is 0 Å². The van der Waals surface area contributed by atoms with Gasteiger partial charge in [-0.15, -0.1) is 0 Å². The van der Waals surface area contributed by atoms with Crippen molar-refractivity contribution in [3.05, 3.63) is 10.7 Å². The summed E-state index contributed by atoms with van der Waals surface area (Å²) in [5.74, 6) is 2.65. The first-order valence-corrected chi connectivity index (χ1v) is 6.48. The van der Waals surface area contributed by atoms with Gasteiger partial charge in [-0.1, -0.05) is 19.8 Å². The van der Waals surface area contributed by atoms with Crippen molar-refractivity contribution in [3.63, 3.8) is 0 Å². The third-order valence-corrected chi connectivity index (χ3v) is 3.68. The second kappa shape index (κ2) is 4.99. The topological polar surface area (TPSA) is 63.8 Å². The van der Waals surface area contributed by atoms with Gasteiger partial charge in [-0.3, -0.25) is 0 Å². The van der Waals surface area contributed by atoms with Gasteiger partial charge in [-0.25, -0.2) is 4.98 Å². The van der Waals surface area contributed by atoms with E-state index in [1.54, 1.807) is 6.07 Å². The molecule has 0 aromatic carbocycles. The number of nitrogens with one attached hydrogen (secondary N) is 1. The van der Waals surface area contributed by atoms with Crippen molar-refractivity contribution in [3.8, 4) is 0 Å². The van der Waals surface area contributed by atoms with Crippen LogP contribution < -0.4 is 11.1 Å². The summed E-state index contributed by atoms with van der Waals surface area (Å²) >= 11 is 3.31. The molecule has 0 bridgehead atoms. The molecule has 2 atom stereocenters. The first-order valence-electron chi connectivity index (χ1n) is 5.69. The molecule has 0 amide bonds. The van der Waals surface area contributed by atoms with E-state index in [1.165, 1.54) is 19.3 Å². The summed E-state index contributed by atoms with van der Waals surface area (Å²) < 4.78 is 0.724. The predicted octanol–water partition coefficient (Wildman–Crippen LogP) is 2.67. The molecule has 16 heavy (non-hydrogen) atoms. The van der Waals surface area contributed by atoms with E-state index in [-0.39, 0.29) is 0 Å². The highest BCUT2D eigenvalue weighted by Gasteiger charge is 2.23. The van der Waals surface area contributed by atoms with Crippen LogP contribution in [-0.4, -0.2) is 16.5 Å². The van der Waals surface area contributed by atoms with Crippen molar-refractivity contribution < 1.29 is 0 Å². The third kappa shape index (κ3) is 2.84. The summed E-state index contributed by atoms with van der Waals surface area (Å²) in [6.07, 6.45) is 3.99. The van der Waals surface area contributed by atoms with Gasteiger partial charge in [-0.2, -0.15) is 4.98 Å². The molecule has 2 rings (SSSR count). The van der Waals surface area contributed by atoms with Gasteiger partial charge in [0, 0.05) is 12.6 Å². The van der Waals surface area contributed by atoms with Gasteiger partial charge < -0.3 is 11.1 Å². The highest BCUT2D eigenvalue weighted by atomic mass is 79.9. The van der Waals surface area contributed by atoms with Gasteiger partial charge in [0.15, 0.2) is 0 Å². The Morgan fingerprint density at radius 3 is 2.94 bits per heavy atom. The highest BCUT2D eigenvalue weighted by Crippen LogP contribution is 2.31. The molecular weight excluding hydrogens is 268 g/mol. The molecule has 2 unspecified atom stereocenters. The Morgan fingerprint density at radius 2 is 2.31 bits per heavy atom. The van der Waals surface area contributed by atoms with E-state index in [9.17, 15) is 0 Å². The summed E-state index contributed by atoms with van der Waals surface area (Å²) in [7, 11) is 0. The second-order valence-corrected chi connectivity index (χ2v) is 5.30. The lowest BCUT2D eigenvalue weighted by molar-refractivity contribution is 0.439. The Balaban J connectivity index is 1.94. The molecule has 0 radical (unpaired) electrons. The van der Waals surface area contributed by atoms with E-state index in [4.69, 9.17) is 5.73 Å². The molecule has 4 nitrogen and oxygen atoms in total. The molecule has 0 spiro atoms. The van der Waals surface area contributed by atoms with E-state index < -0.39 is 0 Å². The number of nitrogens with two attached hydrogens (primary N) is 1. The van der Waals surface area contributed by atoms with Crippen LogP contribution in [0.3, 0.4) is 0 Å². The molecule has 1 fully saturated rings. The lowest BCUT2D eigenvalue weighted by Gasteiger charge is -2.15. The van der Waals surface area contributed by atoms with Crippen LogP contribution in [0.15, 0.2) is 10.7 Å². The molecule has 88 valence electrons. The fraction of sp³-hybridized carbons (Fsp3) is 0.636. The van der Waals surface area contributed by atoms with Gasteiger partial charge in [0.1, 0.15) is 10.4 Å². The summed E-state index contributed by atoms with van der Waals surface area (Å²) in [6, 6.07) is 1.70. The average molecular weight is 285 g/mol. The van der Waals surface area contributed by atoms with Crippen molar-refractivity contribution in [1.82, 2.24) is 9.97 Å². The molecule has 1 heterocycles. The Bertz CT molecular complexity index is 349. The van der Waals surface area contributed by atoms with Crippen molar-refractivity contribution in [2.45, 2.75) is 26.2 Å². The minimum Gasteiger partial charge on any atom is -0.383 e. The lowest BCUT2D eigenvalue weighted by Crippen LogP contribution is -2.18. The third-order valence-electron chi connectivity index (χ3n) is 3.28. The standard InChI is InChI=1S/C11H17BrN4/c1-7-3-2-4-8(7)6-14-11-15-9(12)5-10(13)16-11/h5,7-8H,2-4,6H2,1H3,(H3,13,14,15,16). The lowest BCUT2D eigenvalue weighted by atomic mass is 9.98.